The fourth-order valence-electron chi connectivity index (χ4n) is 1.82. The molecule has 4 heteroatoms. The maximum atomic E-state index is 5.72. The van der Waals surface area contributed by atoms with Gasteiger partial charge in [-0.1, -0.05) is 24.6 Å². The predicted octanol–water partition coefficient (Wildman–Crippen LogP) is 3.44. The Morgan fingerprint density at radius 3 is 2.69 bits per heavy atom. The molecule has 0 atom stereocenters. The number of hydrogen-bond acceptors (Lipinski definition) is 2. The van der Waals surface area contributed by atoms with Crippen LogP contribution in [0.25, 0.3) is 0 Å². The first-order valence-corrected chi connectivity index (χ1v) is 5.93. The van der Waals surface area contributed by atoms with Gasteiger partial charge in [-0.2, -0.15) is 0 Å². The number of rotatable bonds is 5. The highest BCUT2D eigenvalue weighted by Crippen LogP contribution is 2.47. The number of aromatic nitrogens is 1. The second-order valence-electron chi connectivity index (χ2n) is 4.45. The van der Waals surface area contributed by atoms with Crippen LogP contribution in [0.2, 0.25) is 5.15 Å². The summed E-state index contributed by atoms with van der Waals surface area (Å²) in [5.41, 5.74) is 1.81. The third-order valence-electron chi connectivity index (χ3n) is 3.32. The molecule has 0 aliphatic heterocycles. The van der Waals surface area contributed by atoms with Crippen LogP contribution in [0.5, 0.6) is 0 Å². The fraction of sp³-hybridized carbons (Fsp3) is 0.583. The van der Waals surface area contributed by atoms with Crippen LogP contribution in [0, 0.1) is 5.41 Å². The lowest BCUT2D eigenvalue weighted by Gasteiger charge is -2.13. The van der Waals surface area contributed by atoms with E-state index in [0.29, 0.717) is 10.6 Å². The minimum absolute atomic E-state index is 0. The summed E-state index contributed by atoms with van der Waals surface area (Å²) in [6.07, 6.45) is 5.89. The molecule has 90 valence electrons. The Bertz CT molecular complexity index is 320. The van der Waals surface area contributed by atoms with E-state index in [2.05, 4.69) is 17.2 Å². The minimum Gasteiger partial charge on any atom is -0.312 e. The molecule has 0 bridgehead atoms. The molecule has 1 heterocycles. The van der Waals surface area contributed by atoms with Crippen molar-refractivity contribution in [2.24, 2.45) is 5.41 Å². The Morgan fingerprint density at radius 2 is 2.19 bits per heavy atom. The van der Waals surface area contributed by atoms with E-state index in [4.69, 9.17) is 11.6 Å². The smallest absolute Gasteiger partial charge is 0.129 e. The summed E-state index contributed by atoms with van der Waals surface area (Å²) < 4.78 is 0. The van der Waals surface area contributed by atoms with Crippen molar-refractivity contribution >= 4 is 24.0 Å². The molecule has 1 aliphatic carbocycles. The fourth-order valence-corrected chi connectivity index (χ4v) is 1.93. The van der Waals surface area contributed by atoms with E-state index in [1.807, 2.05) is 18.3 Å². The van der Waals surface area contributed by atoms with E-state index in [1.165, 1.54) is 24.8 Å². The van der Waals surface area contributed by atoms with Crippen molar-refractivity contribution in [3.8, 4) is 0 Å². The zero-order valence-corrected chi connectivity index (χ0v) is 11.1. The standard InChI is InChI=1S/C12H17ClN2.ClH/c1-2-12(5-6-12)9-14-7-10-3-4-11(13)15-8-10;/h3-4,8,14H,2,5-7,9H2,1H3;1H. The molecule has 16 heavy (non-hydrogen) atoms. The van der Waals surface area contributed by atoms with E-state index in [1.54, 1.807) is 0 Å². The second kappa shape index (κ2) is 5.85. The van der Waals surface area contributed by atoms with E-state index < -0.39 is 0 Å². The van der Waals surface area contributed by atoms with Crippen molar-refractivity contribution in [2.75, 3.05) is 6.54 Å². The predicted molar refractivity (Wildman–Crippen MR) is 70.2 cm³/mol. The van der Waals surface area contributed by atoms with Gasteiger partial charge in [0.2, 0.25) is 0 Å². The van der Waals surface area contributed by atoms with Gasteiger partial charge in [-0.05, 0) is 36.3 Å². The maximum Gasteiger partial charge on any atom is 0.129 e. The van der Waals surface area contributed by atoms with Gasteiger partial charge in [0.05, 0.1) is 0 Å². The number of nitrogens with one attached hydrogen (secondary N) is 1. The third-order valence-corrected chi connectivity index (χ3v) is 3.55. The molecule has 2 rings (SSSR count). The quantitative estimate of drug-likeness (QED) is 0.821. The van der Waals surface area contributed by atoms with Crippen LogP contribution in [-0.2, 0) is 6.54 Å². The molecule has 1 aromatic heterocycles. The molecule has 1 N–H and O–H groups in total. The van der Waals surface area contributed by atoms with Gasteiger partial charge < -0.3 is 5.32 Å². The van der Waals surface area contributed by atoms with Crippen molar-refractivity contribution in [1.82, 2.24) is 10.3 Å². The van der Waals surface area contributed by atoms with Crippen molar-refractivity contribution in [3.63, 3.8) is 0 Å². The maximum absolute atomic E-state index is 5.72. The average molecular weight is 261 g/mol. The van der Waals surface area contributed by atoms with Crippen molar-refractivity contribution in [3.05, 3.63) is 29.0 Å². The van der Waals surface area contributed by atoms with Crippen molar-refractivity contribution in [2.45, 2.75) is 32.7 Å². The molecule has 1 fully saturated rings. The summed E-state index contributed by atoms with van der Waals surface area (Å²) in [6, 6.07) is 3.86. The third kappa shape index (κ3) is 3.62. The van der Waals surface area contributed by atoms with E-state index in [-0.39, 0.29) is 12.4 Å². The zero-order valence-electron chi connectivity index (χ0n) is 9.50. The van der Waals surface area contributed by atoms with Gasteiger partial charge in [0.1, 0.15) is 5.15 Å². The molecule has 2 nitrogen and oxygen atoms in total. The van der Waals surface area contributed by atoms with Crippen LogP contribution in [0.4, 0.5) is 0 Å². The lowest BCUT2D eigenvalue weighted by molar-refractivity contribution is 0.443. The number of hydrogen-bond donors (Lipinski definition) is 1. The molecule has 0 spiro atoms. The first-order valence-electron chi connectivity index (χ1n) is 5.55. The minimum atomic E-state index is 0. The van der Waals surface area contributed by atoms with E-state index in [9.17, 15) is 0 Å². The van der Waals surface area contributed by atoms with E-state index in [0.717, 1.165) is 13.1 Å². The summed E-state index contributed by atoms with van der Waals surface area (Å²) in [5.74, 6) is 0. The molecular formula is C12H18Cl2N2. The largest absolute Gasteiger partial charge is 0.312 e. The van der Waals surface area contributed by atoms with Crippen LogP contribution in [-0.4, -0.2) is 11.5 Å². The van der Waals surface area contributed by atoms with Gasteiger partial charge in [-0.25, -0.2) is 4.98 Å². The second-order valence-corrected chi connectivity index (χ2v) is 4.83. The Labute approximate surface area is 108 Å². The average Bonchev–Trinajstić information content (AvgIpc) is 3.02. The molecule has 0 amide bonds. The van der Waals surface area contributed by atoms with Crippen LogP contribution < -0.4 is 5.32 Å². The molecular weight excluding hydrogens is 243 g/mol. The number of nitrogens with zero attached hydrogens (tertiary/aromatic N) is 1. The summed E-state index contributed by atoms with van der Waals surface area (Å²) in [5, 5.41) is 4.05. The summed E-state index contributed by atoms with van der Waals surface area (Å²) in [4.78, 5) is 4.06. The first kappa shape index (κ1) is 13.8. The Morgan fingerprint density at radius 1 is 1.44 bits per heavy atom. The van der Waals surface area contributed by atoms with Crippen LogP contribution >= 0.6 is 24.0 Å². The van der Waals surface area contributed by atoms with Crippen LogP contribution in [0.3, 0.4) is 0 Å². The van der Waals surface area contributed by atoms with E-state index >= 15 is 0 Å². The highest BCUT2D eigenvalue weighted by molar-refractivity contribution is 6.29. The first-order chi connectivity index (χ1) is 7.24. The summed E-state index contributed by atoms with van der Waals surface area (Å²) in [7, 11) is 0. The highest BCUT2D eigenvalue weighted by Gasteiger charge is 2.39. The van der Waals surface area contributed by atoms with Crippen molar-refractivity contribution in [1.29, 1.82) is 0 Å². The monoisotopic (exact) mass is 260 g/mol. The normalized spacial score (nSPS) is 16.6. The summed E-state index contributed by atoms with van der Waals surface area (Å²) >= 11 is 5.72. The number of pyridine rings is 1. The number of halogens is 2. The van der Waals surface area contributed by atoms with Gasteiger partial charge in [-0.3, -0.25) is 0 Å². The van der Waals surface area contributed by atoms with Gasteiger partial charge in [-0.15, -0.1) is 12.4 Å². The molecule has 1 aliphatic rings. The zero-order chi connectivity index (χ0) is 10.7. The summed E-state index contributed by atoms with van der Waals surface area (Å²) in [6.45, 7) is 4.30. The Balaban J connectivity index is 0.00000128. The SMILES string of the molecule is CCC1(CNCc2ccc(Cl)nc2)CC1.Cl. The van der Waals surface area contributed by atoms with Crippen LogP contribution in [0.15, 0.2) is 18.3 Å². The topological polar surface area (TPSA) is 24.9 Å². The molecule has 1 saturated carbocycles. The van der Waals surface area contributed by atoms with Gasteiger partial charge in [0.15, 0.2) is 0 Å². The lowest BCUT2D eigenvalue weighted by Crippen LogP contribution is -2.23. The molecule has 0 aromatic carbocycles. The molecule has 0 radical (unpaired) electrons. The lowest BCUT2D eigenvalue weighted by atomic mass is 10.0. The van der Waals surface area contributed by atoms with Gasteiger partial charge >= 0.3 is 0 Å². The molecule has 0 unspecified atom stereocenters. The Kier molecular flexibility index (Phi) is 5.03. The molecule has 1 aromatic rings. The Hall–Kier alpha value is -0.310. The van der Waals surface area contributed by atoms with Crippen molar-refractivity contribution < 1.29 is 0 Å². The molecule has 0 saturated heterocycles. The van der Waals surface area contributed by atoms with Gasteiger partial charge in [0, 0.05) is 19.3 Å². The highest BCUT2D eigenvalue weighted by atomic mass is 35.5. The van der Waals surface area contributed by atoms with Crippen LogP contribution in [0.1, 0.15) is 31.7 Å². The van der Waals surface area contributed by atoms with Gasteiger partial charge in [0.25, 0.3) is 0 Å².